The number of imide groups is 1. The number of esters is 1. The van der Waals surface area contributed by atoms with Crippen molar-refractivity contribution in [2.75, 3.05) is 17.3 Å². The van der Waals surface area contributed by atoms with Gasteiger partial charge in [0.25, 0.3) is 11.8 Å². The molecule has 5 rings (SSSR count). The number of carbonyl (C=O) groups is 3. The fourth-order valence-corrected chi connectivity index (χ4v) is 4.09. The average Bonchev–Trinajstić information content (AvgIpc) is 3.12. The first kappa shape index (κ1) is 23.1. The van der Waals surface area contributed by atoms with Crippen molar-refractivity contribution in [3.63, 3.8) is 0 Å². The Bertz CT molecular complexity index is 1520. The van der Waals surface area contributed by atoms with Gasteiger partial charge in [-0.2, -0.15) is 0 Å². The topological polar surface area (TPSA) is 84.9 Å². The van der Waals surface area contributed by atoms with Gasteiger partial charge in [0, 0.05) is 11.1 Å². The van der Waals surface area contributed by atoms with Gasteiger partial charge in [-0.3, -0.25) is 9.59 Å². The van der Waals surface area contributed by atoms with E-state index >= 15 is 0 Å². The van der Waals surface area contributed by atoms with Gasteiger partial charge in [0.2, 0.25) is 0 Å². The van der Waals surface area contributed by atoms with E-state index in [9.17, 15) is 14.4 Å². The molecule has 0 spiro atoms. The second-order valence-corrected chi connectivity index (χ2v) is 8.28. The Morgan fingerprint density at radius 2 is 1.47 bits per heavy atom. The summed E-state index contributed by atoms with van der Waals surface area (Å²) in [6.07, 6.45) is 0. The van der Waals surface area contributed by atoms with Gasteiger partial charge < -0.3 is 14.8 Å². The number of anilines is 2. The van der Waals surface area contributed by atoms with Gasteiger partial charge in [0.05, 0.1) is 18.4 Å². The van der Waals surface area contributed by atoms with Crippen molar-refractivity contribution in [2.24, 2.45) is 0 Å². The molecule has 7 nitrogen and oxygen atoms in total. The lowest BCUT2D eigenvalue weighted by Gasteiger charge is -2.17. The summed E-state index contributed by atoms with van der Waals surface area (Å²) in [7, 11) is 1.55. The molecule has 1 heterocycles. The maximum atomic E-state index is 13.2. The van der Waals surface area contributed by atoms with E-state index in [4.69, 9.17) is 21.1 Å². The smallest absolute Gasteiger partial charge is 0.343 e. The fraction of sp³-hybridized carbons (Fsp3) is 0.0357. The van der Waals surface area contributed by atoms with Crippen LogP contribution in [0.25, 0.3) is 10.8 Å². The minimum atomic E-state index is -0.611. The summed E-state index contributed by atoms with van der Waals surface area (Å²) in [5.74, 6) is -0.691. The van der Waals surface area contributed by atoms with E-state index in [-0.39, 0.29) is 10.7 Å². The number of carbonyl (C=O) groups excluding carboxylic acids is 3. The van der Waals surface area contributed by atoms with Crippen molar-refractivity contribution < 1.29 is 23.9 Å². The summed E-state index contributed by atoms with van der Waals surface area (Å²) in [6.45, 7) is 0. The van der Waals surface area contributed by atoms with Crippen LogP contribution < -0.4 is 19.7 Å². The van der Waals surface area contributed by atoms with Crippen LogP contribution in [0.1, 0.15) is 10.4 Å². The van der Waals surface area contributed by atoms with Crippen molar-refractivity contribution >= 4 is 51.5 Å². The average molecular weight is 499 g/mol. The van der Waals surface area contributed by atoms with Crippen molar-refractivity contribution in [1.29, 1.82) is 0 Å². The summed E-state index contributed by atoms with van der Waals surface area (Å²) < 4.78 is 10.5. The van der Waals surface area contributed by atoms with E-state index in [2.05, 4.69) is 5.32 Å². The van der Waals surface area contributed by atoms with Crippen LogP contribution in [-0.4, -0.2) is 24.9 Å². The third-order valence-electron chi connectivity index (χ3n) is 5.69. The lowest BCUT2D eigenvalue weighted by Crippen LogP contribution is -2.32. The molecule has 0 fully saturated rings. The van der Waals surface area contributed by atoms with Crippen molar-refractivity contribution in [3.05, 3.63) is 107 Å². The number of hydrogen-bond acceptors (Lipinski definition) is 6. The van der Waals surface area contributed by atoms with Crippen LogP contribution >= 0.6 is 11.6 Å². The van der Waals surface area contributed by atoms with Crippen molar-refractivity contribution in [3.8, 4) is 11.5 Å². The summed E-state index contributed by atoms with van der Waals surface area (Å²) in [5, 5.41) is 4.36. The number of halogens is 1. The first-order valence-corrected chi connectivity index (χ1v) is 11.3. The maximum absolute atomic E-state index is 13.2. The van der Waals surface area contributed by atoms with Crippen LogP contribution in [0.3, 0.4) is 0 Å². The molecule has 0 saturated carbocycles. The predicted molar refractivity (Wildman–Crippen MR) is 137 cm³/mol. The molecule has 0 bridgehead atoms. The van der Waals surface area contributed by atoms with Crippen LogP contribution in [0, 0.1) is 0 Å². The highest BCUT2D eigenvalue weighted by molar-refractivity contribution is 6.53. The van der Waals surface area contributed by atoms with E-state index in [1.807, 2.05) is 30.3 Å². The number of nitrogens with zero attached hydrogens (tertiary/aromatic N) is 1. The second kappa shape index (κ2) is 9.56. The summed E-state index contributed by atoms with van der Waals surface area (Å²) >= 11 is 6.28. The zero-order chi connectivity index (χ0) is 25.2. The zero-order valence-electron chi connectivity index (χ0n) is 19.0. The van der Waals surface area contributed by atoms with Gasteiger partial charge in [-0.05, 0) is 60.0 Å². The molecule has 0 unspecified atom stereocenters. The van der Waals surface area contributed by atoms with E-state index < -0.39 is 17.8 Å². The first-order chi connectivity index (χ1) is 17.5. The number of methoxy groups -OCH3 is 1. The molecule has 36 heavy (non-hydrogen) atoms. The molecular formula is C28H19ClN2O5. The molecule has 0 aromatic heterocycles. The Labute approximate surface area is 211 Å². The highest BCUT2D eigenvalue weighted by Crippen LogP contribution is 2.34. The lowest BCUT2D eigenvalue weighted by molar-refractivity contribution is -0.120. The first-order valence-electron chi connectivity index (χ1n) is 11.0. The van der Waals surface area contributed by atoms with Gasteiger partial charge in [-0.15, -0.1) is 0 Å². The molecule has 0 atom stereocenters. The SMILES string of the molecule is COc1ccc(OC(=O)c2ccc(NC3=C(Cl)C(=O)N(c4cccc5ccccc45)C3=O)cc2)cc1. The minimum Gasteiger partial charge on any atom is -0.497 e. The largest absolute Gasteiger partial charge is 0.497 e. The third kappa shape index (κ3) is 4.28. The number of rotatable bonds is 6. The van der Waals surface area contributed by atoms with Gasteiger partial charge in [0.15, 0.2) is 0 Å². The second-order valence-electron chi connectivity index (χ2n) is 7.90. The maximum Gasteiger partial charge on any atom is 0.343 e. The number of fused-ring (bicyclic) bond motifs is 1. The molecule has 2 amide bonds. The molecule has 1 N–H and O–H groups in total. The highest BCUT2D eigenvalue weighted by Gasteiger charge is 2.39. The summed E-state index contributed by atoms with van der Waals surface area (Å²) in [5.41, 5.74) is 1.20. The predicted octanol–water partition coefficient (Wildman–Crippen LogP) is 5.50. The Balaban J connectivity index is 1.32. The molecule has 4 aromatic rings. The third-order valence-corrected chi connectivity index (χ3v) is 6.05. The lowest BCUT2D eigenvalue weighted by atomic mass is 10.1. The Morgan fingerprint density at radius 1 is 0.806 bits per heavy atom. The number of ether oxygens (including phenoxy) is 2. The Hall–Kier alpha value is -4.62. The molecular weight excluding hydrogens is 480 g/mol. The minimum absolute atomic E-state index is 0.0387. The Morgan fingerprint density at radius 3 is 2.19 bits per heavy atom. The quantitative estimate of drug-likeness (QED) is 0.214. The van der Waals surface area contributed by atoms with Crippen LogP contribution in [-0.2, 0) is 9.59 Å². The van der Waals surface area contributed by atoms with E-state index in [1.165, 1.54) is 0 Å². The summed E-state index contributed by atoms with van der Waals surface area (Å²) in [6, 6.07) is 25.8. The van der Waals surface area contributed by atoms with E-state index in [0.29, 0.717) is 28.4 Å². The van der Waals surface area contributed by atoms with Crippen LogP contribution in [0.15, 0.2) is 102 Å². The molecule has 4 aromatic carbocycles. The highest BCUT2D eigenvalue weighted by atomic mass is 35.5. The van der Waals surface area contributed by atoms with Crippen molar-refractivity contribution in [2.45, 2.75) is 0 Å². The van der Waals surface area contributed by atoms with Crippen LogP contribution in [0.5, 0.6) is 11.5 Å². The van der Waals surface area contributed by atoms with Gasteiger partial charge in [-0.1, -0.05) is 48.0 Å². The number of nitrogens with one attached hydrogen (secondary N) is 1. The van der Waals surface area contributed by atoms with Crippen LogP contribution in [0.4, 0.5) is 11.4 Å². The molecule has 0 aliphatic carbocycles. The van der Waals surface area contributed by atoms with Crippen molar-refractivity contribution in [1.82, 2.24) is 0 Å². The van der Waals surface area contributed by atoms with E-state index in [1.54, 1.807) is 67.8 Å². The number of benzene rings is 4. The standard InChI is InChI=1S/C28H19ClN2O5/c1-35-20-13-15-21(16-14-20)36-28(34)18-9-11-19(12-10-18)30-25-24(29)26(32)31(27(25)33)23-8-4-6-17-5-2-3-7-22(17)23/h2-16,30H,1H3. The molecule has 1 aliphatic rings. The molecule has 0 saturated heterocycles. The molecule has 8 heteroatoms. The zero-order valence-corrected chi connectivity index (χ0v) is 19.8. The molecule has 178 valence electrons. The van der Waals surface area contributed by atoms with E-state index in [0.717, 1.165) is 15.7 Å². The monoisotopic (exact) mass is 498 g/mol. The number of hydrogen-bond donors (Lipinski definition) is 1. The van der Waals surface area contributed by atoms with Crippen LogP contribution in [0.2, 0.25) is 0 Å². The Kier molecular flexibility index (Phi) is 6.14. The number of amides is 2. The van der Waals surface area contributed by atoms with Gasteiger partial charge >= 0.3 is 5.97 Å². The van der Waals surface area contributed by atoms with Gasteiger partial charge in [-0.25, -0.2) is 9.69 Å². The molecule has 1 aliphatic heterocycles. The van der Waals surface area contributed by atoms with Gasteiger partial charge in [0.1, 0.15) is 22.2 Å². The summed E-state index contributed by atoms with van der Waals surface area (Å²) in [4.78, 5) is 39.7. The molecule has 0 radical (unpaired) electrons. The fourth-order valence-electron chi connectivity index (χ4n) is 3.88. The normalized spacial score (nSPS) is 13.3.